The van der Waals surface area contributed by atoms with Gasteiger partial charge < -0.3 is 10.6 Å². The third-order valence-corrected chi connectivity index (χ3v) is 4.99. The van der Waals surface area contributed by atoms with Gasteiger partial charge in [0.05, 0.1) is 5.69 Å². The van der Waals surface area contributed by atoms with Crippen LogP contribution in [0.5, 0.6) is 0 Å². The van der Waals surface area contributed by atoms with E-state index in [4.69, 9.17) is 0 Å². The van der Waals surface area contributed by atoms with Crippen molar-refractivity contribution < 1.29 is 4.79 Å². The standard InChI is InChI=1S/C20H22N6O/c1-15-22-10-6-18(24-15)16-4-2-5-17(14-16)25-19(27)20(7-11-21-12-8-20)26-13-3-9-23-26/h2-6,9-10,13-14,21H,7-8,11-12H2,1H3,(H,25,27). The predicted molar refractivity (Wildman–Crippen MR) is 103 cm³/mol. The maximum atomic E-state index is 13.3. The van der Waals surface area contributed by atoms with E-state index in [0.717, 1.165) is 30.0 Å². The summed E-state index contributed by atoms with van der Waals surface area (Å²) in [6, 6.07) is 11.5. The van der Waals surface area contributed by atoms with Gasteiger partial charge in [-0.2, -0.15) is 5.10 Å². The Kier molecular flexibility index (Phi) is 4.68. The van der Waals surface area contributed by atoms with E-state index in [1.807, 2.05) is 49.5 Å². The highest BCUT2D eigenvalue weighted by atomic mass is 16.2. The van der Waals surface area contributed by atoms with Gasteiger partial charge in [-0.1, -0.05) is 12.1 Å². The summed E-state index contributed by atoms with van der Waals surface area (Å²) in [4.78, 5) is 21.9. The van der Waals surface area contributed by atoms with Crippen molar-refractivity contribution in [1.29, 1.82) is 0 Å². The summed E-state index contributed by atoms with van der Waals surface area (Å²) in [6.45, 7) is 3.43. The molecule has 0 aliphatic carbocycles. The van der Waals surface area contributed by atoms with E-state index in [1.165, 1.54) is 0 Å². The minimum Gasteiger partial charge on any atom is -0.324 e. The first-order valence-electron chi connectivity index (χ1n) is 9.10. The van der Waals surface area contributed by atoms with E-state index >= 15 is 0 Å². The molecule has 1 amide bonds. The second-order valence-corrected chi connectivity index (χ2v) is 6.76. The molecule has 3 heterocycles. The second kappa shape index (κ2) is 7.28. The first-order valence-corrected chi connectivity index (χ1v) is 9.10. The van der Waals surface area contributed by atoms with Gasteiger partial charge in [-0.15, -0.1) is 0 Å². The van der Waals surface area contributed by atoms with Gasteiger partial charge in [0.25, 0.3) is 5.91 Å². The van der Waals surface area contributed by atoms with E-state index in [9.17, 15) is 4.79 Å². The molecule has 7 nitrogen and oxygen atoms in total. The molecule has 1 aliphatic rings. The number of carbonyl (C=O) groups is 1. The molecule has 1 saturated heterocycles. The topological polar surface area (TPSA) is 84.7 Å². The first kappa shape index (κ1) is 17.4. The minimum absolute atomic E-state index is 0.0382. The van der Waals surface area contributed by atoms with Gasteiger partial charge in [0.1, 0.15) is 11.4 Å². The zero-order valence-electron chi connectivity index (χ0n) is 15.2. The molecule has 0 radical (unpaired) electrons. The van der Waals surface area contributed by atoms with Crippen LogP contribution in [0.2, 0.25) is 0 Å². The maximum Gasteiger partial charge on any atom is 0.252 e. The van der Waals surface area contributed by atoms with Crippen LogP contribution in [0.15, 0.2) is 55.0 Å². The molecular weight excluding hydrogens is 340 g/mol. The summed E-state index contributed by atoms with van der Waals surface area (Å²) < 4.78 is 1.79. The number of rotatable bonds is 4. The summed E-state index contributed by atoms with van der Waals surface area (Å²) >= 11 is 0. The summed E-state index contributed by atoms with van der Waals surface area (Å²) in [5.74, 6) is 0.679. The van der Waals surface area contributed by atoms with Crippen LogP contribution < -0.4 is 10.6 Å². The molecule has 138 valence electrons. The molecule has 1 aliphatic heterocycles. The minimum atomic E-state index is -0.670. The van der Waals surface area contributed by atoms with Crippen molar-refractivity contribution in [2.24, 2.45) is 0 Å². The molecule has 2 aromatic heterocycles. The van der Waals surface area contributed by atoms with Crippen LogP contribution in [0.4, 0.5) is 5.69 Å². The quantitative estimate of drug-likeness (QED) is 0.744. The zero-order chi connectivity index (χ0) is 18.7. The number of nitrogens with zero attached hydrogens (tertiary/aromatic N) is 4. The number of piperidine rings is 1. The SMILES string of the molecule is Cc1nccc(-c2cccc(NC(=O)C3(n4cccn4)CCNCC3)c2)n1. The van der Waals surface area contributed by atoms with Gasteiger partial charge in [-0.3, -0.25) is 9.48 Å². The van der Waals surface area contributed by atoms with E-state index in [0.29, 0.717) is 18.7 Å². The van der Waals surface area contributed by atoms with Crippen molar-refractivity contribution in [1.82, 2.24) is 25.1 Å². The largest absolute Gasteiger partial charge is 0.324 e. The Labute approximate surface area is 157 Å². The number of hydrogen-bond acceptors (Lipinski definition) is 5. The van der Waals surface area contributed by atoms with Gasteiger partial charge in [0.15, 0.2) is 0 Å². The molecule has 0 unspecified atom stereocenters. The number of aromatic nitrogens is 4. The Hall–Kier alpha value is -3.06. The first-order chi connectivity index (χ1) is 13.2. The van der Waals surface area contributed by atoms with Crippen LogP contribution in [0, 0.1) is 6.92 Å². The van der Waals surface area contributed by atoms with Crippen molar-refractivity contribution in [2.75, 3.05) is 18.4 Å². The number of anilines is 1. The lowest BCUT2D eigenvalue weighted by Crippen LogP contribution is -2.52. The molecule has 0 spiro atoms. The molecule has 7 heteroatoms. The normalized spacial score (nSPS) is 16.0. The molecule has 27 heavy (non-hydrogen) atoms. The molecule has 2 N–H and O–H groups in total. The number of carbonyl (C=O) groups excluding carboxylic acids is 1. The fourth-order valence-electron chi connectivity index (χ4n) is 3.54. The lowest BCUT2D eigenvalue weighted by atomic mass is 9.87. The van der Waals surface area contributed by atoms with Crippen molar-refractivity contribution in [3.63, 3.8) is 0 Å². The van der Waals surface area contributed by atoms with Gasteiger partial charge >= 0.3 is 0 Å². The number of aryl methyl sites for hydroxylation is 1. The van der Waals surface area contributed by atoms with Gasteiger partial charge in [0.2, 0.25) is 0 Å². The van der Waals surface area contributed by atoms with E-state index in [2.05, 4.69) is 25.7 Å². The monoisotopic (exact) mass is 362 g/mol. The van der Waals surface area contributed by atoms with Crippen LogP contribution in [0.25, 0.3) is 11.3 Å². The van der Waals surface area contributed by atoms with E-state index in [-0.39, 0.29) is 5.91 Å². The van der Waals surface area contributed by atoms with Gasteiger partial charge in [0, 0.05) is 29.8 Å². The Balaban J connectivity index is 1.61. The number of benzene rings is 1. The lowest BCUT2D eigenvalue weighted by Gasteiger charge is -2.36. The molecular formula is C20H22N6O. The Morgan fingerprint density at radius 2 is 2.04 bits per heavy atom. The molecule has 0 atom stereocenters. The number of nitrogens with one attached hydrogen (secondary N) is 2. The lowest BCUT2D eigenvalue weighted by molar-refractivity contribution is -0.126. The number of hydrogen-bond donors (Lipinski definition) is 2. The third-order valence-electron chi connectivity index (χ3n) is 4.99. The summed E-state index contributed by atoms with van der Waals surface area (Å²) in [6.07, 6.45) is 6.72. The van der Waals surface area contributed by atoms with Crippen molar-refractivity contribution in [3.05, 3.63) is 60.8 Å². The predicted octanol–water partition coefficient (Wildman–Crippen LogP) is 2.37. The molecule has 0 bridgehead atoms. The summed E-state index contributed by atoms with van der Waals surface area (Å²) in [7, 11) is 0. The maximum absolute atomic E-state index is 13.3. The molecule has 3 aromatic rings. The van der Waals surface area contributed by atoms with Crippen LogP contribution in [0.1, 0.15) is 18.7 Å². The molecule has 1 aromatic carbocycles. The van der Waals surface area contributed by atoms with Gasteiger partial charge in [-0.25, -0.2) is 9.97 Å². The van der Waals surface area contributed by atoms with Crippen LogP contribution in [0.3, 0.4) is 0 Å². The van der Waals surface area contributed by atoms with Crippen LogP contribution >= 0.6 is 0 Å². The average Bonchev–Trinajstić information content (AvgIpc) is 3.24. The molecule has 1 fully saturated rings. The summed E-state index contributed by atoms with van der Waals surface area (Å²) in [5.41, 5.74) is 1.86. The highest BCUT2D eigenvalue weighted by Gasteiger charge is 2.42. The number of amides is 1. The summed E-state index contributed by atoms with van der Waals surface area (Å²) in [5, 5.41) is 10.8. The Morgan fingerprint density at radius 1 is 1.19 bits per heavy atom. The third kappa shape index (κ3) is 3.46. The van der Waals surface area contributed by atoms with Crippen molar-refractivity contribution in [2.45, 2.75) is 25.3 Å². The Morgan fingerprint density at radius 3 is 2.78 bits per heavy atom. The average molecular weight is 362 g/mol. The zero-order valence-corrected chi connectivity index (χ0v) is 15.2. The second-order valence-electron chi connectivity index (χ2n) is 6.76. The van der Waals surface area contributed by atoms with E-state index < -0.39 is 5.54 Å². The van der Waals surface area contributed by atoms with Crippen molar-refractivity contribution in [3.8, 4) is 11.3 Å². The Bertz CT molecular complexity index is 931. The highest BCUT2D eigenvalue weighted by Crippen LogP contribution is 2.29. The van der Waals surface area contributed by atoms with Crippen molar-refractivity contribution >= 4 is 11.6 Å². The van der Waals surface area contributed by atoms with Crippen LogP contribution in [-0.4, -0.2) is 38.7 Å². The molecule has 4 rings (SSSR count). The molecule has 0 saturated carbocycles. The smallest absolute Gasteiger partial charge is 0.252 e. The van der Waals surface area contributed by atoms with Gasteiger partial charge in [-0.05, 0) is 57.1 Å². The fraction of sp³-hybridized carbons (Fsp3) is 0.300. The van der Waals surface area contributed by atoms with E-state index in [1.54, 1.807) is 17.1 Å². The van der Waals surface area contributed by atoms with Crippen LogP contribution in [-0.2, 0) is 10.3 Å². The highest BCUT2D eigenvalue weighted by molar-refractivity contribution is 5.97. The fourth-order valence-corrected chi connectivity index (χ4v) is 3.54.